The summed E-state index contributed by atoms with van der Waals surface area (Å²) in [4.78, 5) is 11.4. The molecular weight excluding hydrogens is 308 g/mol. The molecule has 4 nitrogen and oxygen atoms in total. The van der Waals surface area contributed by atoms with E-state index in [-0.39, 0.29) is 0 Å². The summed E-state index contributed by atoms with van der Waals surface area (Å²) in [6.45, 7) is 4.96. The summed E-state index contributed by atoms with van der Waals surface area (Å²) >= 11 is 0. The Morgan fingerprint density at radius 2 is 1.68 bits per heavy atom. The quantitative estimate of drug-likeness (QED) is 0.708. The molecule has 1 N–H and O–H groups in total. The first-order chi connectivity index (χ1) is 12.2. The summed E-state index contributed by atoms with van der Waals surface area (Å²) in [5.74, 6) is 1.55. The van der Waals surface area contributed by atoms with E-state index in [1.807, 2.05) is 25.1 Å². The molecule has 0 aliphatic rings. The van der Waals surface area contributed by atoms with Gasteiger partial charge in [0, 0.05) is 31.0 Å². The van der Waals surface area contributed by atoms with Crippen molar-refractivity contribution in [2.24, 2.45) is 0 Å². The zero-order valence-electron chi connectivity index (χ0n) is 15.0. The maximum Gasteiger partial charge on any atom is 0.229 e. The van der Waals surface area contributed by atoms with E-state index in [1.54, 1.807) is 0 Å². The van der Waals surface area contributed by atoms with Crippen LogP contribution < -0.4 is 10.2 Å². The normalized spacial score (nSPS) is 10.5. The van der Waals surface area contributed by atoms with Crippen LogP contribution in [-0.2, 0) is 13.0 Å². The molecular formula is C21H24N4. The maximum atomic E-state index is 4.70. The van der Waals surface area contributed by atoms with E-state index in [0.29, 0.717) is 5.95 Å². The van der Waals surface area contributed by atoms with Crippen LogP contribution >= 0.6 is 0 Å². The van der Waals surface area contributed by atoms with E-state index in [1.165, 1.54) is 11.1 Å². The monoisotopic (exact) mass is 332 g/mol. The van der Waals surface area contributed by atoms with Gasteiger partial charge in [0.05, 0.1) is 0 Å². The lowest BCUT2D eigenvalue weighted by molar-refractivity contribution is 0.888. The van der Waals surface area contributed by atoms with Gasteiger partial charge in [-0.1, -0.05) is 55.5 Å². The van der Waals surface area contributed by atoms with Gasteiger partial charge in [-0.3, -0.25) is 0 Å². The minimum atomic E-state index is 0.635. The van der Waals surface area contributed by atoms with E-state index < -0.39 is 0 Å². The smallest absolute Gasteiger partial charge is 0.229 e. The van der Waals surface area contributed by atoms with Gasteiger partial charge >= 0.3 is 0 Å². The number of aromatic nitrogens is 2. The van der Waals surface area contributed by atoms with Gasteiger partial charge in [-0.15, -0.1) is 0 Å². The predicted octanol–water partition coefficient (Wildman–Crippen LogP) is 4.73. The van der Waals surface area contributed by atoms with Crippen LogP contribution in [0, 0.1) is 6.92 Å². The lowest BCUT2D eigenvalue weighted by atomic mass is 10.1. The predicted molar refractivity (Wildman–Crippen MR) is 104 cm³/mol. The van der Waals surface area contributed by atoms with Crippen molar-refractivity contribution in [2.45, 2.75) is 26.8 Å². The Balaban J connectivity index is 1.82. The van der Waals surface area contributed by atoms with Crippen molar-refractivity contribution < 1.29 is 0 Å². The second-order valence-corrected chi connectivity index (χ2v) is 6.17. The van der Waals surface area contributed by atoms with Crippen molar-refractivity contribution in [3.63, 3.8) is 0 Å². The fourth-order valence-electron chi connectivity index (χ4n) is 2.81. The number of aryl methyl sites for hydroxylation is 2. The molecule has 2 aromatic carbocycles. The van der Waals surface area contributed by atoms with E-state index >= 15 is 0 Å². The van der Waals surface area contributed by atoms with Crippen molar-refractivity contribution in [1.29, 1.82) is 0 Å². The summed E-state index contributed by atoms with van der Waals surface area (Å²) in [5, 5.41) is 3.37. The Morgan fingerprint density at radius 3 is 2.44 bits per heavy atom. The van der Waals surface area contributed by atoms with Crippen LogP contribution in [0.25, 0.3) is 0 Å². The van der Waals surface area contributed by atoms with Crippen molar-refractivity contribution in [3.8, 4) is 0 Å². The molecule has 3 rings (SSSR count). The highest BCUT2D eigenvalue weighted by atomic mass is 15.2. The van der Waals surface area contributed by atoms with Crippen molar-refractivity contribution in [3.05, 3.63) is 77.5 Å². The third-order valence-corrected chi connectivity index (χ3v) is 4.14. The molecule has 0 aliphatic carbocycles. The molecule has 0 radical (unpaired) electrons. The first-order valence-corrected chi connectivity index (χ1v) is 8.61. The topological polar surface area (TPSA) is 41.1 Å². The van der Waals surface area contributed by atoms with E-state index in [9.17, 15) is 0 Å². The molecule has 0 spiro atoms. The highest BCUT2D eigenvalue weighted by Gasteiger charge is 2.09. The Bertz CT molecular complexity index is 830. The molecule has 0 bridgehead atoms. The Kier molecular flexibility index (Phi) is 5.29. The first-order valence-electron chi connectivity index (χ1n) is 8.61. The highest BCUT2D eigenvalue weighted by molar-refractivity contribution is 5.60. The van der Waals surface area contributed by atoms with Crippen LogP contribution in [0.4, 0.5) is 17.5 Å². The Morgan fingerprint density at radius 1 is 0.960 bits per heavy atom. The molecule has 128 valence electrons. The molecule has 0 amide bonds. The van der Waals surface area contributed by atoms with Gasteiger partial charge in [0.15, 0.2) is 0 Å². The molecule has 0 aliphatic heterocycles. The molecule has 3 aromatic rings. The highest BCUT2D eigenvalue weighted by Crippen LogP contribution is 2.22. The summed E-state index contributed by atoms with van der Waals surface area (Å²) in [5.41, 5.74) is 4.52. The van der Waals surface area contributed by atoms with Gasteiger partial charge < -0.3 is 10.2 Å². The molecule has 25 heavy (non-hydrogen) atoms. The van der Waals surface area contributed by atoms with Crippen molar-refractivity contribution >= 4 is 17.5 Å². The second-order valence-electron chi connectivity index (χ2n) is 6.17. The van der Waals surface area contributed by atoms with Gasteiger partial charge in [-0.05, 0) is 30.5 Å². The van der Waals surface area contributed by atoms with Gasteiger partial charge in [0.1, 0.15) is 5.82 Å². The van der Waals surface area contributed by atoms with Gasteiger partial charge in [-0.25, -0.2) is 4.98 Å². The fourth-order valence-corrected chi connectivity index (χ4v) is 2.81. The second kappa shape index (κ2) is 7.79. The van der Waals surface area contributed by atoms with Crippen LogP contribution in [0.5, 0.6) is 0 Å². The Labute approximate surface area is 149 Å². The summed E-state index contributed by atoms with van der Waals surface area (Å²) < 4.78 is 0. The summed E-state index contributed by atoms with van der Waals surface area (Å²) in [6, 6.07) is 20.7. The number of hydrogen-bond donors (Lipinski definition) is 1. The third-order valence-electron chi connectivity index (χ3n) is 4.14. The standard InChI is InChI=1S/C21H24N4/c1-4-18-12-8-9-13-19(18)23-21-22-16(2)14-20(24-21)25(3)15-17-10-6-5-7-11-17/h5-14H,4,15H2,1-3H3,(H,22,23,24). The van der Waals surface area contributed by atoms with Gasteiger partial charge in [-0.2, -0.15) is 4.98 Å². The molecule has 1 aromatic heterocycles. The summed E-state index contributed by atoms with van der Waals surface area (Å²) in [7, 11) is 2.05. The van der Waals surface area contributed by atoms with Gasteiger partial charge in [0.25, 0.3) is 0 Å². The number of rotatable bonds is 6. The minimum absolute atomic E-state index is 0.635. The lowest BCUT2D eigenvalue weighted by Crippen LogP contribution is -2.18. The van der Waals surface area contributed by atoms with Crippen molar-refractivity contribution in [2.75, 3.05) is 17.3 Å². The van der Waals surface area contributed by atoms with E-state index in [0.717, 1.165) is 30.2 Å². The van der Waals surface area contributed by atoms with Crippen LogP contribution in [0.3, 0.4) is 0 Å². The van der Waals surface area contributed by atoms with Crippen LogP contribution in [-0.4, -0.2) is 17.0 Å². The van der Waals surface area contributed by atoms with E-state index in [4.69, 9.17) is 4.98 Å². The van der Waals surface area contributed by atoms with Gasteiger partial charge in [0.2, 0.25) is 5.95 Å². The number of para-hydroxylation sites is 1. The van der Waals surface area contributed by atoms with Crippen LogP contribution in [0.1, 0.15) is 23.7 Å². The Hall–Kier alpha value is -2.88. The number of nitrogens with one attached hydrogen (secondary N) is 1. The van der Waals surface area contributed by atoms with Crippen molar-refractivity contribution in [1.82, 2.24) is 9.97 Å². The third kappa shape index (κ3) is 4.35. The zero-order valence-corrected chi connectivity index (χ0v) is 15.0. The molecule has 1 heterocycles. The largest absolute Gasteiger partial charge is 0.355 e. The number of benzene rings is 2. The molecule has 4 heteroatoms. The number of hydrogen-bond acceptors (Lipinski definition) is 4. The number of anilines is 3. The van der Waals surface area contributed by atoms with Crippen LogP contribution in [0.2, 0.25) is 0 Å². The molecule has 0 saturated carbocycles. The molecule has 0 fully saturated rings. The SMILES string of the molecule is CCc1ccccc1Nc1nc(C)cc(N(C)Cc2ccccc2)n1. The lowest BCUT2D eigenvalue weighted by Gasteiger charge is -2.20. The molecule has 0 unspecified atom stereocenters. The van der Waals surface area contributed by atoms with E-state index in [2.05, 4.69) is 71.6 Å². The fraction of sp³-hybridized carbons (Fsp3) is 0.238. The first kappa shape index (κ1) is 17.0. The number of nitrogens with zero attached hydrogens (tertiary/aromatic N) is 3. The minimum Gasteiger partial charge on any atom is -0.355 e. The molecule has 0 atom stereocenters. The maximum absolute atomic E-state index is 4.70. The zero-order chi connectivity index (χ0) is 17.6. The average Bonchev–Trinajstić information content (AvgIpc) is 2.62. The summed E-state index contributed by atoms with van der Waals surface area (Å²) in [6.07, 6.45) is 0.968. The van der Waals surface area contributed by atoms with Crippen LogP contribution in [0.15, 0.2) is 60.7 Å². The average molecular weight is 332 g/mol. The molecule has 0 saturated heterocycles.